The van der Waals surface area contributed by atoms with Crippen molar-refractivity contribution in [2.75, 3.05) is 13.2 Å². The van der Waals surface area contributed by atoms with Gasteiger partial charge in [0.2, 0.25) is 0 Å². The summed E-state index contributed by atoms with van der Waals surface area (Å²) in [6, 6.07) is 4.61. The van der Waals surface area contributed by atoms with Crippen LogP contribution in [-0.2, 0) is 9.47 Å². The van der Waals surface area contributed by atoms with Gasteiger partial charge in [-0.25, -0.2) is 0 Å². The third-order valence-corrected chi connectivity index (χ3v) is 2.33. The Bertz CT molecular complexity index is 415. The summed E-state index contributed by atoms with van der Waals surface area (Å²) in [6.45, 7) is 0.872. The summed E-state index contributed by atoms with van der Waals surface area (Å²) in [5.74, 6) is -0.0130. The van der Waals surface area contributed by atoms with Crippen molar-refractivity contribution < 1.29 is 27.7 Å². The van der Waals surface area contributed by atoms with E-state index in [0.29, 0.717) is 18.8 Å². The Kier molecular flexibility index (Phi) is 2.02. The highest BCUT2D eigenvalue weighted by molar-refractivity contribution is 5.49. The molecule has 2 aliphatic heterocycles. The first-order valence-corrected chi connectivity index (χ1v) is 4.78. The second-order valence-electron chi connectivity index (χ2n) is 3.42. The van der Waals surface area contributed by atoms with Crippen LogP contribution in [0.25, 0.3) is 0 Å². The molecule has 16 heavy (non-hydrogen) atoms. The molecule has 0 amide bonds. The summed E-state index contributed by atoms with van der Waals surface area (Å²) in [4.78, 5) is 0. The molecule has 2 aliphatic rings. The van der Waals surface area contributed by atoms with Gasteiger partial charge in [0.25, 0.3) is 0 Å². The van der Waals surface area contributed by atoms with Crippen molar-refractivity contribution in [2.45, 2.75) is 12.6 Å². The van der Waals surface area contributed by atoms with Crippen LogP contribution in [0.3, 0.4) is 0 Å². The van der Waals surface area contributed by atoms with Gasteiger partial charge in [0, 0.05) is 0 Å². The van der Waals surface area contributed by atoms with E-state index in [1.807, 2.05) is 0 Å². The van der Waals surface area contributed by atoms with Gasteiger partial charge < -0.3 is 18.9 Å². The van der Waals surface area contributed by atoms with E-state index >= 15 is 0 Å². The number of ether oxygens (including phenoxy) is 4. The van der Waals surface area contributed by atoms with Crippen molar-refractivity contribution in [3.05, 3.63) is 23.8 Å². The van der Waals surface area contributed by atoms with Crippen LogP contribution in [0.4, 0.5) is 8.78 Å². The highest BCUT2D eigenvalue weighted by Gasteiger charge is 2.45. The number of rotatable bonds is 1. The molecule has 0 bridgehead atoms. The predicted molar refractivity (Wildman–Crippen MR) is 47.3 cm³/mol. The Balaban J connectivity index is 1.99. The van der Waals surface area contributed by atoms with Gasteiger partial charge in [0.15, 0.2) is 17.8 Å². The lowest BCUT2D eigenvalue weighted by Crippen LogP contribution is -2.26. The molecule has 6 heteroatoms. The van der Waals surface area contributed by atoms with Crippen LogP contribution < -0.4 is 9.47 Å². The third-order valence-electron chi connectivity index (χ3n) is 2.33. The van der Waals surface area contributed by atoms with Crippen LogP contribution in [-0.4, -0.2) is 19.5 Å². The molecule has 0 aliphatic carbocycles. The second kappa shape index (κ2) is 3.29. The zero-order valence-electron chi connectivity index (χ0n) is 8.11. The fraction of sp³-hybridized carbons (Fsp3) is 0.400. The summed E-state index contributed by atoms with van der Waals surface area (Å²) >= 11 is 0. The molecule has 0 N–H and O–H groups in total. The van der Waals surface area contributed by atoms with Crippen molar-refractivity contribution >= 4 is 0 Å². The maximum atomic E-state index is 12.9. The summed E-state index contributed by atoms with van der Waals surface area (Å²) in [7, 11) is 0. The minimum absolute atomic E-state index is 0.00148. The average molecular weight is 230 g/mol. The van der Waals surface area contributed by atoms with E-state index < -0.39 is 12.6 Å². The van der Waals surface area contributed by atoms with E-state index in [0.717, 1.165) is 0 Å². The van der Waals surface area contributed by atoms with Crippen LogP contribution in [0, 0.1) is 0 Å². The molecule has 1 aromatic rings. The third kappa shape index (κ3) is 1.50. The number of benzene rings is 1. The van der Waals surface area contributed by atoms with Crippen LogP contribution in [0.1, 0.15) is 11.9 Å². The van der Waals surface area contributed by atoms with Gasteiger partial charge >= 0.3 is 6.29 Å². The average Bonchev–Trinajstić information content (AvgIpc) is 2.80. The van der Waals surface area contributed by atoms with Gasteiger partial charge in [0.05, 0.1) is 18.8 Å². The maximum Gasteiger partial charge on any atom is 0.586 e. The van der Waals surface area contributed by atoms with E-state index in [2.05, 4.69) is 9.47 Å². The molecule has 0 radical (unpaired) electrons. The van der Waals surface area contributed by atoms with E-state index in [4.69, 9.17) is 9.47 Å². The van der Waals surface area contributed by atoms with E-state index in [1.165, 1.54) is 6.07 Å². The number of halogens is 2. The molecule has 86 valence electrons. The predicted octanol–water partition coefficient (Wildman–Crippen LogP) is 2.05. The van der Waals surface area contributed by atoms with Gasteiger partial charge in [-0.2, -0.15) is 0 Å². The Morgan fingerprint density at radius 3 is 2.62 bits per heavy atom. The topological polar surface area (TPSA) is 36.9 Å². The fourth-order valence-electron chi connectivity index (χ4n) is 1.71. The number of fused-ring (bicyclic) bond motifs is 1. The lowest BCUT2D eigenvalue weighted by atomic mass is 10.2. The number of hydrogen-bond acceptors (Lipinski definition) is 4. The van der Waals surface area contributed by atoms with Gasteiger partial charge in [-0.15, -0.1) is 8.78 Å². The van der Waals surface area contributed by atoms with Gasteiger partial charge in [-0.05, 0) is 12.1 Å². The minimum Gasteiger partial charge on any atom is -0.395 e. The van der Waals surface area contributed by atoms with Crippen molar-refractivity contribution in [1.82, 2.24) is 0 Å². The van der Waals surface area contributed by atoms with Crippen LogP contribution in [0.5, 0.6) is 11.5 Å². The van der Waals surface area contributed by atoms with E-state index in [-0.39, 0.29) is 11.5 Å². The highest BCUT2D eigenvalue weighted by Crippen LogP contribution is 2.46. The minimum atomic E-state index is -3.61. The molecule has 1 fully saturated rings. The summed E-state index contributed by atoms with van der Waals surface area (Å²) < 4.78 is 45.0. The van der Waals surface area contributed by atoms with Crippen LogP contribution in [0.15, 0.2) is 18.2 Å². The lowest BCUT2D eigenvalue weighted by Gasteiger charge is -2.11. The molecular weight excluding hydrogens is 222 g/mol. The zero-order chi connectivity index (χ0) is 11.2. The van der Waals surface area contributed by atoms with Crippen LogP contribution in [0.2, 0.25) is 0 Å². The maximum absolute atomic E-state index is 12.9. The molecule has 1 aromatic carbocycles. The molecule has 2 heterocycles. The van der Waals surface area contributed by atoms with Crippen molar-refractivity contribution in [1.29, 1.82) is 0 Å². The molecule has 3 rings (SSSR count). The SMILES string of the molecule is FC1(F)Oc2cccc(C3OCCO3)c2O1. The Morgan fingerprint density at radius 1 is 1.12 bits per heavy atom. The Hall–Kier alpha value is -1.40. The van der Waals surface area contributed by atoms with Gasteiger partial charge in [0.1, 0.15) is 0 Å². The monoisotopic (exact) mass is 230 g/mol. The normalized spacial score (nSPS) is 22.6. The number of alkyl halides is 2. The lowest BCUT2D eigenvalue weighted by molar-refractivity contribution is -0.287. The molecule has 4 nitrogen and oxygen atoms in total. The second-order valence-corrected chi connectivity index (χ2v) is 3.42. The Morgan fingerprint density at radius 2 is 1.88 bits per heavy atom. The molecule has 1 saturated heterocycles. The van der Waals surface area contributed by atoms with E-state index in [1.54, 1.807) is 12.1 Å². The standard InChI is InChI=1S/C10H8F2O4/c11-10(12)15-7-3-1-2-6(8(7)16-10)9-13-4-5-14-9/h1-3,9H,4-5H2. The van der Waals surface area contributed by atoms with Crippen LogP contribution >= 0.6 is 0 Å². The smallest absolute Gasteiger partial charge is 0.395 e. The molecule has 0 unspecified atom stereocenters. The van der Waals surface area contributed by atoms with E-state index in [9.17, 15) is 8.78 Å². The van der Waals surface area contributed by atoms with Crippen molar-refractivity contribution in [2.24, 2.45) is 0 Å². The Labute approximate surface area is 89.7 Å². The molecule has 0 saturated carbocycles. The number of hydrogen-bond donors (Lipinski definition) is 0. The highest BCUT2D eigenvalue weighted by atomic mass is 19.3. The number of para-hydroxylation sites is 1. The molecule has 0 aromatic heterocycles. The molecule has 0 spiro atoms. The quantitative estimate of drug-likeness (QED) is 0.739. The molecular formula is C10H8F2O4. The fourth-order valence-corrected chi connectivity index (χ4v) is 1.71. The first-order valence-electron chi connectivity index (χ1n) is 4.78. The zero-order valence-corrected chi connectivity index (χ0v) is 8.11. The van der Waals surface area contributed by atoms with Gasteiger partial charge in [-0.3, -0.25) is 0 Å². The largest absolute Gasteiger partial charge is 0.586 e. The first kappa shape index (κ1) is 9.80. The summed E-state index contributed by atoms with van der Waals surface area (Å²) in [5.41, 5.74) is 0.423. The van der Waals surface area contributed by atoms with Gasteiger partial charge in [-0.1, -0.05) is 6.07 Å². The molecule has 0 atom stereocenters. The summed E-state index contributed by atoms with van der Waals surface area (Å²) in [6.07, 6.45) is -4.27. The summed E-state index contributed by atoms with van der Waals surface area (Å²) in [5, 5.41) is 0. The first-order chi connectivity index (χ1) is 7.66. The van der Waals surface area contributed by atoms with Crippen molar-refractivity contribution in [3.8, 4) is 11.5 Å². The van der Waals surface area contributed by atoms with Crippen molar-refractivity contribution in [3.63, 3.8) is 0 Å².